The molecule has 0 spiro atoms. The second-order valence-corrected chi connectivity index (χ2v) is 2.63. The van der Waals surface area contributed by atoms with E-state index < -0.39 is 17.8 Å². The summed E-state index contributed by atoms with van der Waals surface area (Å²) < 4.78 is 41.3. The Morgan fingerprint density at radius 1 is 1.53 bits per heavy atom. The molecule has 7 heteroatoms. The second kappa shape index (κ2) is 3.76. The van der Waals surface area contributed by atoms with Gasteiger partial charge >= 0.3 is 6.18 Å². The summed E-state index contributed by atoms with van der Waals surface area (Å²) in [5, 5.41) is 0. The van der Waals surface area contributed by atoms with E-state index in [0.29, 0.717) is 6.07 Å². The van der Waals surface area contributed by atoms with Crippen LogP contribution in [0.5, 0.6) is 5.75 Å². The number of carbonyl (C=O) groups excluding carboxylic acids is 1. The number of nitrogens with two attached hydrogens (primary N) is 1. The number of ether oxygens (including phenoxy) is 1. The van der Waals surface area contributed by atoms with Crippen molar-refractivity contribution in [1.82, 2.24) is 4.98 Å². The molecule has 0 aliphatic heterocycles. The maximum Gasteiger partial charge on any atom is 0.433 e. The number of alkyl halides is 3. The van der Waals surface area contributed by atoms with Crippen molar-refractivity contribution in [1.29, 1.82) is 0 Å². The van der Waals surface area contributed by atoms with Crippen LogP contribution in [0.3, 0.4) is 0 Å². The molecule has 1 aromatic rings. The summed E-state index contributed by atoms with van der Waals surface area (Å²) in [6.07, 6.45) is -3.81. The van der Waals surface area contributed by atoms with Crippen LogP contribution in [0.25, 0.3) is 0 Å². The Balaban J connectivity index is 3.28. The Bertz CT molecular complexity index is 390. The molecule has 0 fully saturated rings. The van der Waals surface area contributed by atoms with Gasteiger partial charge in [-0.1, -0.05) is 0 Å². The van der Waals surface area contributed by atoms with Gasteiger partial charge in [0.2, 0.25) is 0 Å². The third-order valence-electron chi connectivity index (χ3n) is 1.64. The SMILES string of the molecule is COc1cnc(C(F)(F)F)cc1C(N)=O. The number of amides is 1. The lowest BCUT2D eigenvalue weighted by molar-refractivity contribution is -0.141. The number of hydrogen-bond acceptors (Lipinski definition) is 3. The molecule has 0 radical (unpaired) electrons. The zero-order valence-corrected chi connectivity index (χ0v) is 7.63. The molecule has 0 saturated heterocycles. The molecule has 0 atom stereocenters. The average molecular weight is 220 g/mol. The van der Waals surface area contributed by atoms with Crippen molar-refractivity contribution in [2.45, 2.75) is 6.18 Å². The van der Waals surface area contributed by atoms with E-state index in [-0.39, 0.29) is 11.3 Å². The van der Waals surface area contributed by atoms with Crippen LogP contribution in [0.4, 0.5) is 13.2 Å². The standard InChI is InChI=1S/C8H7F3N2O2/c1-15-5-3-13-6(8(9,10)11)2-4(5)7(12)14/h2-3H,1H3,(H2,12,14). The van der Waals surface area contributed by atoms with E-state index in [9.17, 15) is 18.0 Å². The summed E-state index contributed by atoms with van der Waals surface area (Å²) >= 11 is 0. The highest BCUT2D eigenvalue weighted by molar-refractivity contribution is 5.95. The number of primary amides is 1. The first-order chi connectivity index (χ1) is 6.86. The molecular formula is C8H7F3N2O2. The van der Waals surface area contributed by atoms with Gasteiger partial charge in [-0.3, -0.25) is 4.79 Å². The molecule has 82 valence electrons. The maximum absolute atomic E-state index is 12.2. The minimum absolute atomic E-state index is 0.0875. The average Bonchev–Trinajstić information content (AvgIpc) is 2.15. The number of halogens is 3. The summed E-state index contributed by atoms with van der Waals surface area (Å²) in [5.41, 5.74) is 3.36. The van der Waals surface area contributed by atoms with E-state index in [0.717, 1.165) is 6.20 Å². The molecule has 0 aliphatic carbocycles. The highest BCUT2D eigenvalue weighted by Crippen LogP contribution is 2.30. The van der Waals surface area contributed by atoms with E-state index in [1.807, 2.05) is 0 Å². The molecular weight excluding hydrogens is 213 g/mol. The Labute approximate surface area is 82.9 Å². The third kappa shape index (κ3) is 2.36. The fourth-order valence-electron chi connectivity index (χ4n) is 0.953. The van der Waals surface area contributed by atoms with Crippen molar-refractivity contribution in [2.75, 3.05) is 7.11 Å². The van der Waals surface area contributed by atoms with Gasteiger partial charge in [0.05, 0.1) is 18.9 Å². The molecule has 15 heavy (non-hydrogen) atoms. The first kappa shape index (κ1) is 11.3. The third-order valence-corrected chi connectivity index (χ3v) is 1.64. The number of aromatic nitrogens is 1. The smallest absolute Gasteiger partial charge is 0.433 e. The molecule has 0 unspecified atom stereocenters. The molecule has 2 N–H and O–H groups in total. The van der Waals surface area contributed by atoms with Crippen molar-refractivity contribution < 1.29 is 22.7 Å². The first-order valence-electron chi connectivity index (χ1n) is 3.77. The fourth-order valence-corrected chi connectivity index (χ4v) is 0.953. The minimum atomic E-state index is -4.61. The lowest BCUT2D eigenvalue weighted by Crippen LogP contribution is -2.16. The van der Waals surface area contributed by atoms with Crippen LogP contribution in [-0.2, 0) is 6.18 Å². The molecule has 0 aliphatic rings. The van der Waals surface area contributed by atoms with Gasteiger partial charge < -0.3 is 10.5 Å². The molecule has 1 aromatic heterocycles. The zero-order valence-electron chi connectivity index (χ0n) is 7.63. The summed E-state index contributed by atoms with van der Waals surface area (Å²) in [7, 11) is 1.21. The number of hydrogen-bond donors (Lipinski definition) is 1. The topological polar surface area (TPSA) is 65.2 Å². The van der Waals surface area contributed by atoms with E-state index in [2.05, 4.69) is 9.72 Å². The first-order valence-corrected chi connectivity index (χ1v) is 3.77. The van der Waals surface area contributed by atoms with Crippen LogP contribution in [0.15, 0.2) is 12.3 Å². The summed E-state index contributed by atoms with van der Waals surface area (Å²) in [5.74, 6) is -1.09. The molecule has 4 nitrogen and oxygen atoms in total. The highest BCUT2D eigenvalue weighted by atomic mass is 19.4. The van der Waals surface area contributed by atoms with Gasteiger partial charge in [0.1, 0.15) is 11.4 Å². The Morgan fingerprint density at radius 3 is 2.53 bits per heavy atom. The van der Waals surface area contributed by atoms with E-state index in [4.69, 9.17) is 5.73 Å². The van der Waals surface area contributed by atoms with Crippen molar-refractivity contribution in [3.05, 3.63) is 23.5 Å². The van der Waals surface area contributed by atoms with Crippen molar-refractivity contribution in [3.63, 3.8) is 0 Å². The van der Waals surface area contributed by atoms with Gasteiger partial charge in [0.15, 0.2) is 0 Å². The van der Waals surface area contributed by atoms with Crippen molar-refractivity contribution in [2.24, 2.45) is 5.73 Å². The normalized spacial score (nSPS) is 11.2. The van der Waals surface area contributed by atoms with E-state index >= 15 is 0 Å². The van der Waals surface area contributed by atoms with E-state index in [1.165, 1.54) is 7.11 Å². The largest absolute Gasteiger partial charge is 0.494 e. The molecule has 0 aromatic carbocycles. The Kier molecular flexibility index (Phi) is 2.83. The minimum Gasteiger partial charge on any atom is -0.494 e. The Morgan fingerprint density at radius 2 is 2.13 bits per heavy atom. The summed E-state index contributed by atoms with van der Waals surface area (Å²) in [6, 6.07) is 0.557. The predicted octanol–water partition coefficient (Wildman–Crippen LogP) is 1.21. The maximum atomic E-state index is 12.2. The lowest BCUT2D eigenvalue weighted by atomic mass is 10.2. The van der Waals surface area contributed by atoms with Crippen LogP contribution in [0, 0.1) is 0 Å². The second-order valence-electron chi connectivity index (χ2n) is 2.63. The van der Waals surface area contributed by atoms with Crippen LogP contribution >= 0.6 is 0 Å². The number of rotatable bonds is 2. The van der Waals surface area contributed by atoms with Crippen LogP contribution < -0.4 is 10.5 Å². The monoisotopic (exact) mass is 220 g/mol. The van der Waals surface area contributed by atoms with Crippen molar-refractivity contribution >= 4 is 5.91 Å². The van der Waals surface area contributed by atoms with Gasteiger partial charge in [0, 0.05) is 0 Å². The molecule has 1 amide bonds. The number of nitrogens with zero attached hydrogens (tertiary/aromatic N) is 1. The van der Waals surface area contributed by atoms with Gasteiger partial charge in [-0.05, 0) is 6.07 Å². The van der Waals surface area contributed by atoms with Gasteiger partial charge in [-0.25, -0.2) is 4.98 Å². The van der Waals surface area contributed by atoms with Crippen LogP contribution in [0.1, 0.15) is 16.1 Å². The van der Waals surface area contributed by atoms with Gasteiger partial charge in [0.25, 0.3) is 5.91 Å². The summed E-state index contributed by atoms with van der Waals surface area (Å²) in [4.78, 5) is 13.9. The fraction of sp³-hybridized carbons (Fsp3) is 0.250. The Hall–Kier alpha value is -1.79. The number of carbonyl (C=O) groups is 1. The van der Waals surface area contributed by atoms with E-state index in [1.54, 1.807) is 0 Å². The molecule has 0 bridgehead atoms. The molecule has 1 rings (SSSR count). The quantitative estimate of drug-likeness (QED) is 0.814. The predicted molar refractivity (Wildman–Crippen MR) is 44.3 cm³/mol. The van der Waals surface area contributed by atoms with Gasteiger partial charge in [-0.2, -0.15) is 13.2 Å². The number of pyridine rings is 1. The number of methoxy groups -OCH3 is 1. The summed E-state index contributed by atoms with van der Waals surface area (Å²) in [6.45, 7) is 0. The lowest BCUT2D eigenvalue weighted by Gasteiger charge is -2.09. The zero-order chi connectivity index (χ0) is 11.6. The van der Waals surface area contributed by atoms with Crippen LogP contribution in [0.2, 0.25) is 0 Å². The van der Waals surface area contributed by atoms with Gasteiger partial charge in [-0.15, -0.1) is 0 Å². The van der Waals surface area contributed by atoms with Crippen LogP contribution in [-0.4, -0.2) is 18.0 Å². The molecule has 1 heterocycles. The highest BCUT2D eigenvalue weighted by Gasteiger charge is 2.33. The molecule has 0 saturated carbocycles. The van der Waals surface area contributed by atoms with Crippen molar-refractivity contribution in [3.8, 4) is 5.75 Å².